The van der Waals surface area contributed by atoms with Crippen LogP contribution in [-0.2, 0) is 19.1 Å². The molecule has 0 aliphatic carbocycles. The van der Waals surface area contributed by atoms with Crippen LogP contribution >= 0.6 is 0 Å². The molecule has 4 atom stereocenters. The second-order valence-electron chi connectivity index (χ2n) is 4.32. The Bertz CT molecular complexity index is 404. The molecule has 100 valence electrons. The zero-order chi connectivity index (χ0) is 14.0. The third-order valence-electron chi connectivity index (χ3n) is 3.11. The Hall–Kier alpha value is -1.76. The number of hydrogen-bond acceptors (Lipinski definition) is 6. The first-order valence-corrected chi connectivity index (χ1v) is 5.50. The molecule has 0 saturated carbocycles. The van der Waals surface area contributed by atoms with Gasteiger partial charge in [-0.2, -0.15) is 0 Å². The number of esters is 1. The fourth-order valence-corrected chi connectivity index (χ4v) is 1.97. The van der Waals surface area contributed by atoms with Crippen molar-refractivity contribution in [3.63, 3.8) is 0 Å². The minimum absolute atomic E-state index is 0.334. The molecule has 1 fully saturated rings. The topological polar surface area (TPSA) is 117 Å². The smallest absolute Gasteiger partial charge is 0.359 e. The molecule has 1 rings (SSSR count). The van der Waals surface area contributed by atoms with Crippen LogP contribution in [0.4, 0.5) is 0 Å². The molecular weight excluding hydrogens is 240 g/mol. The Labute approximate surface area is 104 Å². The number of nitrogens with one attached hydrogen (secondary N) is 2. The lowest BCUT2D eigenvalue weighted by atomic mass is 9.76. The minimum atomic E-state index is -1.01. The number of aliphatic hydroxyl groups is 1. The maximum absolute atomic E-state index is 11.8. The number of rotatable bonds is 5. The third-order valence-corrected chi connectivity index (χ3v) is 3.11. The van der Waals surface area contributed by atoms with Crippen LogP contribution in [0.3, 0.4) is 0 Å². The number of ether oxygens (including phenoxy) is 1. The first kappa shape index (κ1) is 14.3. The van der Waals surface area contributed by atoms with Crippen molar-refractivity contribution in [2.45, 2.75) is 26.0 Å². The van der Waals surface area contributed by atoms with E-state index < -0.39 is 41.4 Å². The van der Waals surface area contributed by atoms with E-state index in [4.69, 9.17) is 5.41 Å². The van der Waals surface area contributed by atoms with Gasteiger partial charge in [0.2, 0.25) is 5.91 Å². The Morgan fingerprint density at radius 1 is 1.44 bits per heavy atom. The predicted octanol–water partition coefficient (Wildman–Crippen LogP) is -1.12. The van der Waals surface area contributed by atoms with Crippen LogP contribution in [0.5, 0.6) is 0 Å². The van der Waals surface area contributed by atoms with E-state index in [1.54, 1.807) is 0 Å². The number of methoxy groups -OCH3 is 1. The lowest BCUT2D eigenvalue weighted by molar-refractivity contribution is -0.143. The predicted molar refractivity (Wildman–Crippen MR) is 61.0 cm³/mol. The number of carbonyl (C=O) groups excluding carboxylic acids is 3. The SMILES string of the molecule is COC(=O)C(=N)C(=O)C(C)C1NC(=O)C1C(C)O. The monoisotopic (exact) mass is 256 g/mol. The van der Waals surface area contributed by atoms with Crippen LogP contribution < -0.4 is 5.32 Å². The van der Waals surface area contributed by atoms with Gasteiger partial charge in [0.1, 0.15) is 0 Å². The molecule has 0 aromatic carbocycles. The third kappa shape index (κ3) is 2.40. The van der Waals surface area contributed by atoms with Crippen molar-refractivity contribution in [1.29, 1.82) is 5.41 Å². The average molecular weight is 256 g/mol. The maximum atomic E-state index is 11.8. The van der Waals surface area contributed by atoms with Gasteiger partial charge in [-0.3, -0.25) is 15.0 Å². The molecule has 0 bridgehead atoms. The Morgan fingerprint density at radius 3 is 2.39 bits per heavy atom. The molecule has 0 aromatic heterocycles. The van der Waals surface area contributed by atoms with E-state index in [9.17, 15) is 19.5 Å². The zero-order valence-corrected chi connectivity index (χ0v) is 10.4. The Balaban J connectivity index is 2.74. The van der Waals surface area contributed by atoms with Crippen molar-refractivity contribution in [3.8, 4) is 0 Å². The van der Waals surface area contributed by atoms with Crippen molar-refractivity contribution in [1.82, 2.24) is 5.32 Å². The molecule has 7 nitrogen and oxygen atoms in total. The highest BCUT2D eigenvalue weighted by Gasteiger charge is 2.48. The molecule has 1 saturated heterocycles. The van der Waals surface area contributed by atoms with Crippen molar-refractivity contribution in [2.75, 3.05) is 7.11 Å². The number of carbonyl (C=O) groups is 3. The number of Topliss-reactive ketones (excluding diaryl/α,β-unsaturated/α-hetero) is 1. The highest BCUT2D eigenvalue weighted by Crippen LogP contribution is 2.26. The lowest BCUT2D eigenvalue weighted by Crippen LogP contribution is -2.65. The summed E-state index contributed by atoms with van der Waals surface area (Å²) in [5.41, 5.74) is -0.754. The van der Waals surface area contributed by atoms with Gasteiger partial charge in [0.25, 0.3) is 0 Å². The van der Waals surface area contributed by atoms with Gasteiger partial charge < -0.3 is 15.2 Å². The van der Waals surface area contributed by atoms with Crippen molar-refractivity contribution < 1.29 is 24.2 Å². The average Bonchev–Trinajstić information content (AvgIpc) is 2.31. The van der Waals surface area contributed by atoms with Gasteiger partial charge in [0.15, 0.2) is 11.5 Å². The number of β-lactam (4-membered cyclic amide) rings is 1. The van der Waals surface area contributed by atoms with Gasteiger partial charge in [-0.25, -0.2) is 4.79 Å². The van der Waals surface area contributed by atoms with Gasteiger partial charge in [0, 0.05) is 5.92 Å². The molecule has 7 heteroatoms. The molecular formula is C11H16N2O5. The molecule has 1 heterocycles. The largest absolute Gasteiger partial charge is 0.464 e. The molecule has 1 aliphatic rings. The summed E-state index contributed by atoms with van der Waals surface area (Å²) in [5.74, 6) is -3.49. The van der Waals surface area contributed by atoms with E-state index in [-0.39, 0.29) is 5.91 Å². The molecule has 18 heavy (non-hydrogen) atoms. The summed E-state index contributed by atoms with van der Waals surface area (Å²) in [4.78, 5) is 34.1. The summed E-state index contributed by atoms with van der Waals surface area (Å²) in [6.45, 7) is 2.96. The molecule has 3 N–H and O–H groups in total. The molecule has 4 unspecified atom stereocenters. The van der Waals surface area contributed by atoms with Crippen LogP contribution in [0.1, 0.15) is 13.8 Å². The normalized spacial score (nSPS) is 25.4. The number of hydrogen-bond donors (Lipinski definition) is 3. The summed E-state index contributed by atoms with van der Waals surface area (Å²) in [7, 11) is 1.08. The van der Waals surface area contributed by atoms with Crippen molar-refractivity contribution in [3.05, 3.63) is 0 Å². The Morgan fingerprint density at radius 2 is 2.00 bits per heavy atom. The van der Waals surface area contributed by atoms with Gasteiger partial charge >= 0.3 is 5.97 Å². The fraction of sp³-hybridized carbons (Fsp3) is 0.636. The molecule has 0 aromatic rings. The van der Waals surface area contributed by atoms with E-state index >= 15 is 0 Å². The lowest BCUT2D eigenvalue weighted by Gasteiger charge is -2.41. The zero-order valence-electron chi connectivity index (χ0n) is 10.4. The van der Waals surface area contributed by atoms with Crippen molar-refractivity contribution >= 4 is 23.4 Å². The minimum Gasteiger partial charge on any atom is -0.464 e. The van der Waals surface area contributed by atoms with E-state index in [1.807, 2.05) is 0 Å². The molecule has 1 amide bonds. The van der Waals surface area contributed by atoms with Crippen LogP contribution in [0.15, 0.2) is 0 Å². The van der Waals surface area contributed by atoms with E-state index in [0.717, 1.165) is 7.11 Å². The first-order chi connectivity index (χ1) is 8.31. The molecule has 0 spiro atoms. The van der Waals surface area contributed by atoms with Crippen molar-refractivity contribution in [2.24, 2.45) is 11.8 Å². The maximum Gasteiger partial charge on any atom is 0.359 e. The summed E-state index contributed by atoms with van der Waals surface area (Å²) >= 11 is 0. The van der Waals surface area contributed by atoms with Crippen LogP contribution in [0.2, 0.25) is 0 Å². The van der Waals surface area contributed by atoms with E-state index in [1.165, 1.54) is 13.8 Å². The first-order valence-electron chi connectivity index (χ1n) is 5.50. The quantitative estimate of drug-likeness (QED) is 0.249. The fourth-order valence-electron chi connectivity index (χ4n) is 1.97. The number of aliphatic hydroxyl groups excluding tert-OH is 1. The second-order valence-corrected chi connectivity index (χ2v) is 4.32. The summed E-state index contributed by atoms with van der Waals surface area (Å²) < 4.78 is 4.29. The number of amides is 1. The van der Waals surface area contributed by atoms with Gasteiger partial charge in [0.05, 0.1) is 25.2 Å². The highest BCUT2D eigenvalue weighted by atomic mass is 16.5. The summed E-state index contributed by atoms with van der Waals surface area (Å²) in [5, 5.41) is 19.3. The molecule has 0 radical (unpaired) electrons. The second kappa shape index (κ2) is 5.26. The number of ketones is 1. The van der Waals surface area contributed by atoms with Gasteiger partial charge in [-0.05, 0) is 6.92 Å². The standard InChI is InChI=1S/C11H16N2O5/c1-4(9(15)7(12)11(17)18-3)8-6(5(2)14)10(16)13-8/h4-6,8,12,14H,1-3H3,(H,13,16). The summed E-state index contributed by atoms with van der Waals surface area (Å²) in [6.07, 6.45) is -0.883. The summed E-state index contributed by atoms with van der Waals surface area (Å²) in [6, 6.07) is -0.560. The Kier molecular flexibility index (Phi) is 4.18. The van der Waals surface area contributed by atoms with Crippen LogP contribution in [0, 0.1) is 17.2 Å². The van der Waals surface area contributed by atoms with Gasteiger partial charge in [-0.1, -0.05) is 6.92 Å². The molecule has 1 aliphatic heterocycles. The van der Waals surface area contributed by atoms with Crippen LogP contribution in [0.25, 0.3) is 0 Å². The highest BCUT2D eigenvalue weighted by molar-refractivity contribution is 6.63. The van der Waals surface area contributed by atoms with E-state index in [2.05, 4.69) is 10.1 Å². The van der Waals surface area contributed by atoms with Gasteiger partial charge in [-0.15, -0.1) is 0 Å². The van der Waals surface area contributed by atoms with E-state index in [0.29, 0.717) is 0 Å². The van der Waals surface area contributed by atoms with Crippen LogP contribution in [-0.4, -0.2) is 47.7 Å².